The number of halogens is 1. The highest BCUT2D eigenvalue weighted by Gasteiger charge is 2.29. The van der Waals surface area contributed by atoms with Crippen LogP contribution >= 0.6 is 35.7 Å². The van der Waals surface area contributed by atoms with E-state index >= 15 is 0 Å². The summed E-state index contributed by atoms with van der Waals surface area (Å²) in [6.07, 6.45) is 3.44. The van der Waals surface area contributed by atoms with E-state index in [1.165, 1.54) is 24.2 Å². The van der Waals surface area contributed by atoms with Crippen molar-refractivity contribution in [3.8, 4) is 0 Å². The maximum atomic E-state index is 12.1. The number of hydrogen-bond donors (Lipinski definition) is 3. The zero-order chi connectivity index (χ0) is 17.4. The quantitative estimate of drug-likeness (QED) is 0.335. The molecular formula is C18H29IN4OS. The van der Waals surface area contributed by atoms with Gasteiger partial charge in [0.25, 0.3) is 0 Å². The van der Waals surface area contributed by atoms with Gasteiger partial charge in [-0.3, -0.25) is 9.79 Å². The number of guanidine groups is 1. The summed E-state index contributed by atoms with van der Waals surface area (Å²) in [6.45, 7) is 5.43. The Kier molecular flexibility index (Phi) is 9.63. The molecule has 140 valence electrons. The van der Waals surface area contributed by atoms with Crippen LogP contribution in [0, 0.1) is 0 Å². The second-order valence-corrected chi connectivity index (χ2v) is 7.97. The van der Waals surface area contributed by atoms with Gasteiger partial charge in [-0.2, -0.15) is 11.8 Å². The lowest BCUT2D eigenvalue weighted by atomic mass is 10.1. The fraction of sp³-hybridized carbons (Fsp3) is 0.556. The average molecular weight is 476 g/mol. The van der Waals surface area contributed by atoms with Gasteiger partial charge in [-0.25, -0.2) is 0 Å². The number of aryl methyl sites for hydroxylation is 1. The van der Waals surface area contributed by atoms with Crippen molar-refractivity contribution in [1.82, 2.24) is 10.6 Å². The van der Waals surface area contributed by atoms with Crippen LogP contribution in [0.2, 0.25) is 0 Å². The van der Waals surface area contributed by atoms with Crippen molar-refractivity contribution in [1.29, 1.82) is 0 Å². The Balaban J connectivity index is 0.00000312. The monoisotopic (exact) mass is 476 g/mol. The molecule has 1 heterocycles. The average Bonchev–Trinajstić information content (AvgIpc) is 3.02. The molecule has 0 spiro atoms. The van der Waals surface area contributed by atoms with Gasteiger partial charge in [0.1, 0.15) is 0 Å². The number of amides is 1. The fourth-order valence-electron chi connectivity index (χ4n) is 2.71. The lowest BCUT2D eigenvalue weighted by molar-refractivity contribution is -0.115. The first kappa shape index (κ1) is 22.1. The molecule has 1 aliphatic heterocycles. The molecule has 25 heavy (non-hydrogen) atoms. The van der Waals surface area contributed by atoms with Crippen molar-refractivity contribution < 1.29 is 4.79 Å². The third kappa shape index (κ3) is 7.43. The molecule has 1 saturated heterocycles. The molecule has 1 atom stereocenters. The summed E-state index contributed by atoms with van der Waals surface area (Å²) in [5, 5.41) is 9.32. The van der Waals surface area contributed by atoms with E-state index in [2.05, 4.69) is 40.9 Å². The number of thioether (sulfide) groups is 1. The smallest absolute Gasteiger partial charge is 0.243 e. The van der Waals surface area contributed by atoms with Crippen LogP contribution < -0.4 is 16.0 Å². The molecule has 0 radical (unpaired) electrons. The molecular weight excluding hydrogens is 447 g/mol. The summed E-state index contributed by atoms with van der Waals surface area (Å²) in [4.78, 5) is 16.3. The molecule has 0 bridgehead atoms. The van der Waals surface area contributed by atoms with Gasteiger partial charge >= 0.3 is 0 Å². The molecule has 1 aromatic rings. The highest BCUT2D eigenvalue weighted by molar-refractivity contribution is 14.0. The number of rotatable bonds is 6. The minimum Gasteiger partial charge on any atom is -0.355 e. The number of nitrogens with zero attached hydrogens (tertiary/aromatic N) is 1. The molecule has 2 rings (SSSR count). The van der Waals surface area contributed by atoms with Crippen LogP contribution in [-0.4, -0.2) is 42.5 Å². The normalized spacial score (nSPS) is 19.9. The molecule has 1 aromatic carbocycles. The summed E-state index contributed by atoms with van der Waals surface area (Å²) in [5.41, 5.74) is 2.04. The van der Waals surface area contributed by atoms with Crippen LogP contribution in [0.5, 0.6) is 0 Å². The van der Waals surface area contributed by atoms with Crippen molar-refractivity contribution >= 4 is 53.3 Å². The fourth-order valence-corrected chi connectivity index (χ4v) is 3.95. The van der Waals surface area contributed by atoms with Crippen molar-refractivity contribution in [3.05, 3.63) is 29.8 Å². The number of anilines is 1. The molecule has 1 aliphatic rings. The molecule has 0 aromatic heterocycles. The number of aliphatic imine (C=N–C) groups is 1. The summed E-state index contributed by atoms with van der Waals surface area (Å²) in [5.74, 6) is 1.82. The Hall–Kier alpha value is -0.960. The zero-order valence-corrected chi connectivity index (χ0v) is 18.4. The molecule has 1 unspecified atom stereocenters. The lowest BCUT2D eigenvalue weighted by Crippen LogP contribution is -2.45. The maximum Gasteiger partial charge on any atom is 0.243 e. The van der Waals surface area contributed by atoms with Gasteiger partial charge in [0.2, 0.25) is 5.91 Å². The van der Waals surface area contributed by atoms with Crippen LogP contribution in [0.4, 0.5) is 5.69 Å². The van der Waals surface area contributed by atoms with Gasteiger partial charge in [0, 0.05) is 24.0 Å². The maximum absolute atomic E-state index is 12.1. The van der Waals surface area contributed by atoms with Crippen LogP contribution in [0.1, 0.15) is 32.3 Å². The Bertz CT molecular complexity index is 588. The van der Waals surface area contributed by atoms with Crippen LogP contribution in [-0.2, 0) is 11.2 Å². The number of carbonyl (C=O) groups is 1. The van der Waals surface area contributed by atoms with Crippen molar-refractivity contribution in [3.63, 3.8) is 0 Å². The number of benzene rings is 1. The van der Waals surface area contributed by atoms with E-state index in [1.807, 2.05) is 30.0 Å². The molecule has 1 fully saturated rings. The van der Waals surface area contributed by atoms with Gasteiger partial charge in [-0.15, -0.1) is 24.0 Å². The summed E-state index contributed by atoms with van der Waals surface area (Å²) in [7, 11) is 1.72. The van der Waals surface area contributed by atoms with E-state index in [4.69, 9.17) is 0 Å². The van der Waals surface area contributed by atoms with Crippen molar-refractivity contribution in [2.45, 2.75) is 37.9 Å². The molecule has 5 nitrogen and oxygen atoms in total. The minimum atomic E-state index is -0.0762. The van der Waals surface area contributed by atoms with Crippen LogP contribution in [0.3, 0.4) is 0 Å². The summed E-state index contributed by atoms with van der Waals surface area (Å²) < 4.78 is 0.264. The molecule has 0 saturated carbocycles. The highest BCUT2D eigenvalue weighted by Crippen LogP contribution is 2.36. The molecule has 7 heteroatoms. The van der Waals surface area contributed by atoms with Crippen molar-refractivity contribution in [2.24, 2.45) is 4.99 Å². The second kappa shape index (κ2) is 10.9. The number of carbonyl (C=O) groups excluding carboxylic acids is 1. The first-order valence-corrected chi connectivity index (χ1v) is 9.50. The molecule has 1 amide bonds. The minimum absolute atomic E-state index is 0. The second-order valence-electron chi connectivity index (χ2n) is 6.28. The highest BCUT2D eigenvalue weighted by atomic mass is 127. The van der Waals surface area contributed by atoms with Crippen molar-refractivity contribution in [2.75, 3.05) is 31.2 Å². The van der Waals surface area contributed by atoms with Gasteiger partial charge in [-0.1, -0.05) is 19.1 Å². The Morgan fingerprint density at radius 2 is 2.16 bits per heavy atom. The SMILES string of the molecule is CCc1cccc(NC(=O)CNC(=NC)NCC2(C)CCCS2)c1.I. The van der Waals surface area contributed by atoms with Gasteiger partial charge in [-0.05, 0) is 49.6 Å². The first-order valence-electron chi connectivity index (χ1n) is 8.52. The summed E-state index contributed by atoms with van der Waals surface area (Å²) >= 11 is 2.00. The predicted octanol–water partition coefficient (Wildman–Crippen LogP) is 3.26. The zero-order valence-electron chi connectivity index (χ0n) is 15.2. The topological polar surface area (TPSA) is 65.5 Å². The standard InChI is InChI=1S/C18H28N4OS.HI/c1-4-14-7-5-8-15(11-14)22-16(23)12-20-17(19-3)21-13-18(2)9-6-10-24-18;/h5,7-8,11H,4,6,9-10,12-13H2,1-3H3,(H,22,23)(H2,19,20,21);1H. The Morgan fingerprint density at radius 3 is 2.80 bits per heavy atom. The van der Waals surface area contributed by atoms with E-state index in [1.54, 1.807) is 7.05 Å². The van der Waals surface area contributed by atoms with E-state index in [-0.39, 0.29) is 41.2 Å². The summed E-state index contributed by atoms with van der Waals surface area (Å²) in [6, 6.07) is 7.93. The lowest BCUT2D eigenvalue weighted by Gasteiger charge is -2.24. The van der Waals surface area contributed by atoms with E-state index < -0.39 is 0 Å². The van der Waals surface area contributed by atoms with E-state index in [0.717, 1.165) is 18.7 Å². The number of nitrogens with one attached hydrogen (secondary N) is 3. The first-order chi connectivity index (χ1) is 11.5. The molecule has 3 N–H and O–H groups in total. The molecule has 0 aliphatic carbocycles. The van der Waals surface area contributed by atoms with Gasteiger partial charge in [0.05, 0.1) is 6.54 Å². The van der Waals surface area contributed by atoms with Crippen LogP contribution in [0.25, 0.3) is 0 Å². The van der Waals surface area contributed by atoms with Crippen LogP contribution in [0.15, 0.2) is 29.3 Å². The third-order valence-corrected chi connectivity index (χ3v) is 5.73. The largest absolute Gasteiger partial charge is 0.355 e. The van der Waals surface area contributed by atoms with Gasteiger partial charge in [0.15, 0.2) is 5.96 Å². The Labute approximate surface area is 172 Å². The third-order valence-electron chi connectivity index (χ3n) is 4.19. The van der Waals surface area contributed by atoms with Gasteiger partial charge < -0.3 is 16.0 Å². The van der Waals surface area contributed by atoms with E-state index in [0.29, 0.717) is 5.96 Å². The number of hydrogen-bond acceptors (Lipinski definition) is 3. The Morgan fingerprint density at radius 1 is 1.36 bits per heavy atom. The van der Waals surface area contributed by atoms with E-state index in [9.17, 15) is 4.79 Å². The predicted molar refractivity (Wildman–Crippen MR) is 119 cm³/mol.